The van der Waals surface area contributed by atoms with Crippen molar-refractivity contribution < 1.29 is 19.3 Å². The average molecular weight is 338 g/mol. The molecule has 0 spiro atoms. The second-order valence-corrected chi connectivity index (χ2v) is 6.48. The number of carbonyl (C=O) groups is 2. The Morgan fingerprint density at radius 3 is 2.75 bits per heavy atom. The van der Waals surface area contributed by atoms with Crippen molar-refractivity contribution >= 4 is 11.8 Å². The van der Waals surface area contributed by atoms with E-state index < -0.39 is 11.8 Å². The molecule has 2 amide bonds. The third-order valence-corrected chi connectivity index (χ3v) is 4.67. The smallest absolute Gasteiger partial charge is 0.292 e. The van der Waals surface area contributed by atoms with Crippen LogP contribution in [0.15, 0.2) is 4.52 Å². The summed E-state index contributed by atoms with van der Waals surface area (Å²) in [5, 5.41) is 14.8. The van der Waals surface area contributed by atoms with Crippen molar-refractivity contribution in [3.63, 3.8) is 0 Å². The zero-order valence-electron chi connectivity index (χ0n) is 14.1. The molecule has 0 aliphatic heterocycles. The highest BCUT2D eigenvalue weighted by atomic mass is 16.5. The maximum Gasteiger partial charge on any atom is 0.292 e. The van der Waals surface area contributed by atoms with Gasteiger partial charge < -0.3 is 9.84 Å². The van der Waals surface area contributed by atoms with E-state index in [0.717, 1.165) is 12.8 Å². The third kappa shape index (κ3) is 5.59. The minimum Gasteiger partial charge on any atom is -0.352 e. The first-order valence-corrected chi connectivity index (χ1v) is 8.60. The van der Waals surface area contributed by atoms with E-state index in [4.69, 9.17) is 9.73 Å². The monoisotopic (exact) mass is 338 g/mol. The van der Waals surface area contributed by atoms with E-state index in [-0.39, 0.29) is 18.2 Å². The highest BCUT2D eigenvalue weighted by Gasteiger charge is 2.22. The van der Waals surface area contributed by atoms with Gasteiger partial charge in [0.1, 0.15) is 0 Å². The maximum atomic E-state index is 11.5. The standard InChI is InChI=1S/C16H26N4O4/c1-17-16(22)15-18-14(24-20-15)10-12(9-13(21)19-23)8-7-11-5-3-2-4-6-11/h11-12,23H,2-10H2,1H3,(H,17,22)(H,19,21). The fourth-order valence-corrected chi connectivity index (χ4v) is 3.32. The lowest BCUT2D eigenvalue weighted by molar-refractivity contribution is -0.130. The zero-order chi connectivity index (χ0) is 17.4. The minimum atomic E-state index is -0.422. The molecule has 0 saturated heterocycles. The van der Waals surface area contributed by atoms with Crippen LogP contribution >= 0.6 is 0 Å². The van der Waals surface area contributed by atoms with Crippen molar-refractivity contribution in [1.29, 1.82) is 0 Å². The SMILES string of the molecule is CNC(=O)c1noc(CC(CCC2CCCCC2)CC(=O)NO)n1. The van der Waals surface area contributed by atoms with Gasteiger partial charge in [-0.25, -0.2) is 5.48 Å². The van der Waals surface area contributed by atoms with Gasteiger partial charge in [0, 0.05) is 19.9 Å². The summed E-state index contributed by atoms with van der Waals surface area (Å²) in [4.78, 5) is 27.1. The van der Waals surface area contributed by atoms with Gasteiger partial charge in [0.25, 0.3) is 11.7 Å². The van der Waals surface area contributed by atoms with Crippen molar-refractivity contribution in [1.82, 2.24) is 20.9 Å². The Kier molecular flexibility index (Phi) is 7.17. The summed E-state index contributed by atoms with van der Waals surface area (Å²) in [6.07, 6.45) is 8.91. The van der Waals surface area contributed by atoms with Gasteiger partial charge in [0.05, 0.1) is 0 Å². The lowest BCUT2D eigenvalue weighted by atomic mass is 9.83. The molecule has 1 aliphatic rings. The van der Waals surface area contributed by atoms with Crippen molar-refractivity contribution in [2.45, 2.75) is 57.8 Å². The molecular formula is C16H26N4O4. The summed E-state index contributed by atoms with van der Waals surface area (Å²) in [6.45, 7) is 0. The van der Waals surface area contributed by atoms with E-state index in [1.54, 1.807) is 5.48 Å². The van der Waals surface area contributed by atoms with Gasteiger partial charge in [-0.05, 0) is 18.3 Å². The molecular weight excluding hydrogens is 312 g/mol. The van der Waals surface area contributed by atoms with Crippen LogP contribution in [0.5, 0.6) is 0 Å². The Morgan fingerprint density at radius 1 is 1.33 bits per heavy atom. The van der Waals surface area contributed by atoms with E-state index >= 15 is 0 Å². The molecule has 2 rings (SSSR count). The number of amides is 2. The lowest BCUT2D eigenvalue weighted by Crippen LogP contribution is -2.23. The van der Waals surface area contributed by atoms with E-state index in [2.05, 4.69) is 15.5 Å². The highest BCUT2D eigenvalue weighted by Crippen LogP contribution is 2.30. The van der Waals surface area contributed by atoms with Gasteiger partial charge in [0.15, 0.2) is 0 Å². The van der Waals surface area contributed by atoms with E-state index in [1.807, 2.05) is 0 Å². The normalized spacial score (nSPS) is 16.6. The molecule has 0 aromatic carbocycles. The molecule has 1 fully saturated rings. The van der Waals surface area contributed by atoms with Crippen LogP contribution < -0.4 is 10.8 Å². The first kappa shape index (κ1) is 18.4. The summed E-state index contributed by atoms with van der Waals surface area (Å²) < 4.78 is 5.11. The molecule has 0 radical (unpaired) electrons. The summed E-state index contributed by atoms with van der Waals surface area (Å²) >= 11 is 0. The van der Waals surface area contributed by atoms with Crippen LogP contribution in [0.25, 0.3) is 0 Å². The summed E-state index contributed by atoms with van der Waals surface area (Å²) in [6, 6.07) is 0. The van der Waals surface area contributed by atoms with Gasteiger partial charge in [-0.3, -0.25) is 14.8 Å². The summed E-state index contributed by atoms with van der Waals surface area (Å²) in [7, 11) is 1.50. The molecule has 1 heterocycles. The molecule has 3 N–H and O–H groups in total. The Morgan fingerprint density at radius 2 is 2.08 bits per heavy atom. The number of hydrogen-bond acceptors (Lipinski definition) is 6. The predicted molar refractivity (Wildman–Crippen MR) is 85.2 cm³/mol. The number of hydrogen-bond donors (Lipinski definition) is 3. The molecule has 1 aliphatic carbocycles. The Bertz CT molecular complexity index is 540. The van der Waals surface area contributed by atoms with Crippen molar-refractivity contribution in [2.24, 2.45) is 11.8 Å². The fourth-order valence-electron chi connectivity index (χ4n) is 3.32. The molecule has 1 saturated carbocycles. The molecule has 134 valence electrons. The second kappa shape index (κ2) is 9.36. The Hall–Kier alpha value is -1.96. The quantitative estimate of drug-likeness (QED) is 0.492. The van der Waals surface area contributed by atoms with Crippen molar-refractivity contribution in [3.05, 3.63) is 11.7 Å². The molecule has 0 bridgehead atoms. The largest absolute Gasteiger partial charge is 0.352 e. The first-order chi connectivity index (χ1) is 11.6. The van der Waals surface area contributed by atoms with Crippen LogP contribution in [-0.4, -0.2) is 34.2 Å². The highest BCUT2D eigenvalue weighted by molar-refractivity contribution is 5.89. The van der Waals surface area contributed by atoms with Crippen LogP contribution in [0, 0.1) is 11.8 Å². The Labute approximate surface area is 141 Å². The average Bonchev–Trinajstić information content (AvgIpc) is 3.08. The van der Waals surface area contributed by atoms with Gasteiger partial charge in [-0.2, -0.15) is 4.98 Å². The molecule has 8 nitrogen and oxygen atoms in total. The molecule has 1 unspecified atom stereocenters. The fraction of sp³-hybridized carbons (Fsp3) is 0.750. The lowest BCUT2D eigenvalue weighted by Gasteiger charge is -2.23. The summed E-state index contributed by atoms with van der Waals surface area (Å²) in [5.74, 6) is 0.212. The number of rotatable bonds is 8. The van der Waals surface area contributed by atoms with Crippen molar-refractivity contribution in [3.8, 4) is 0 Å². The number of nitrogens with one attached hydrogen (secondary N) is 2. The van der Waals surface area contributed by atoms with Crippen LogP contribution in [0.2, 0.25) is 0 Å². The topological polar surface area (TPSA) is 117 Å². The van der Waals surface area contributed by atoms with E-state index in [9.17, 15) is 9.59 Å². The van der Waals surface area contributed by atoms with E-state index in [1.165, 1.54) is 39.2 Å². The van der Waals surface area contributed by atoms with Crippen molar-refractivity contribution in [2.75, 3.05) is 7.05 Å². The number of carbonyl (C=O) groups excluding carboxylic acids is 2. The van der Waals surface area contributed by atoms with E-state index in [0.29, 0.717) is 18.2 Å². The third-order valence-electron chi connectivity index (χ3n) is 4.67. The van der Waals surface area contributed by atoms with Gasteiger partial charge in [-0.15, -0.1) is 0 Å². The van der Waals surface area contributed by atoms with Crippen LogP contribution in [0.4, 0.5) is 0 Å². The Balaban J connectivity index is 1.92. The minimum absolute atomic E-state index is 0.00272. The molecule has 1 aromatic heterocycles. The van der Waals surface area contributed by atoms with Gasteiger partial charge in [0.2, 0.25) is 11.8 Å². The number of nitrogens with zero attached hydrogens (tertiary/aromatic N) is 2. The van der Waals surface area contributed by atoms with Crippen LogP contribution in [0.3, 0.4) is 0 Å². The molecule has 1 aromatic rings. The predicted octanol–water partition coefficient (Wildman–Crippen LogP) is 1.84. The number of aromatic nitrogens is 2. The van der Waals surface area contributed by atoms with Gasteiger partial charge >= 0.3 is 0 Å². The first-order valence-electron chi connectivity index (χ1n) is 8.60. The van der Waals surface area contributed by atoms with Crippen LogP contribution in [-0.2, 0) is 11.2 Å². The number of hydroxylamine groups is 1. The molecule has 1 atom stereocenters. The molecule has 8 heteroatoms. The second-order valence-electron chi connectivity index (χ2n) is 6.48. The molecule has 24 heavy (non-hydrogen) atoms. The maximum absolute atomic E-state index is 11.5. The van der Waals surface area contributed by atoms with Gasteiger partial charge in [-0.1, -0.05) is 43.7 Å². The van der Waals surface area contributed by atoms with Crippen LogP contribution in [0.1, 0.15) is 67.9 Å². The zero-order valence-corrected chi connectivity index (χ0v) is 14.1. The summed E-state index contributed by atoms with van der Waals surface area (Å²) in [5.41, 5.74) is 1.68.